The van der Waals surface area contributed by atoms with Gasteiger partial charge in [-0.15, -0.1) is 0 Å². The number of aliphatic carboxylic acids is 1. The number of carbonyl (C=O) groups is 3. The predicted molar refractivity (Wildman–Crippen MR) is 130 cm³/mol. The molecule has 0 bridgehead atoms. The zero-order valence-electron chi connectivity index (χ0n) is 20.2. The molecule has 3 N–H and O–H groups in total. The molecule has 34 heavy (non-hydrogen) atoms. The Hall–Kier alpha value is -3.35. The second kappa shape index (κ2) is 11.2. The molecule has 0 heterocycles. The average Bonchev–Trinajstić information content (AvgIpc) is 3.10. The van der Waals surface area contributed by atoms with Crippen molar-refractivity contribution in [2.75, 3.05) is 13.2 Å². The van der Waals surface area contributed by atoms with Crippen molar-refractivity contribution in [1.82, 2.24) is 10.6 Å². The molecule has 2 amide bonds. The third-order valence-corrected chi connectivity index (χ3v) is 6.27. The Morgan fingerprint density at radius 2 is 1.50 bits per heavy atom. The van der Waals surface area contributed by atoms with Crippen molar-refractivity contribution in [3.05, 3.63) is 59.7 Å². The summed E-state index contributed by atoms with van der Waals surface area (Å²) in [6.45, 7) is 7.78. The fourth-order valence-electron chi connectivity index (χ4n) is 4.45. The van der Waals surface area contributed by atoms with Gasteiger partial charge in [0.25, 0.3) is 0 Å². The molecule has 2 aromatic carbocycles. The van der Waals surface area contributed by atoms with E-state index in [1.54, 1.807) is 0 Å². The Bertz CT molecular complexity index is 988. The van der Waals surface area contributed by atoms with Gasteiger partial charge < -0.3 is 20.5 Å². The molecule has 0 fully saturated rings. The summed E-state index contributed by atoms with van der Waals surface area (Å²) in [5, 5.41) is 14.7. The van der Waals surface area contributed by atoms with E-state index in [1.807, 2.05) is 52.0 Å². The van der Waals surface area contributed by atoms with Crippen LogP contribution in [0.15, 0.2) is 48.5 Å². The number of hydrogen-bond donors (Lipinski definition) is 3. The molecule has 3 rings (SSSR count). The van der Waals surface area contributed by atoms with Crippen LogP contribution in [0.1, 0.15) is 51.2 Å². The summed E-state index contributed by atoms with van der Waals surface area (Å²) in [5.41, 5.74) is 4.55. The highest BCUT2D eigenvalue weighted by molar-refractivity contribution is 5.85. The van der Waals surface area contributed by atoms with E-state index in [0.717, 1.165) is 22.3 Å². The topological polar surface area (TPSA) is 105 Å². The number of carbonyl (C=O) groups excluding carboxylic acids is 2. The van der Waals surface area contributed by atoms with Gasteiger partial charge in [0.15, 0.2) is 0 Å². The highest BCUT2D eigenvalue weighted by Gasteiger charge is 2.30. The van der Waals surface area contributed by atoms with Crippen LogP contribution >= 0.6 is 0 Å². The third kappa shape index (κ3) is 5.95. The first-order valence-electron chi connectivity index (χ1n) is 11.8. The standard InChI is InChI=1S/C27H34N2O5/c1-16(2)13-24(26(31)32)29-25(30)22(17(3)4)14-28-27(33)34-15-23-20-11-7-5-9-18(20)19-10-6-8-12-21(19)23/h5-12,16-17,22-24H,13-15H2,1-4H3,(H,28,33)(H,29,30)(H,31,32)/t22?,24-/m0/s1. The van der Waals surface area contributed by atoms with E-state index in [2.05, 4.69) is 34.9 Å². The largest absolute Gasteiger partial charge is 0.480 e. The van der Waals surface area contributed by atoms with Gasteiger partial charge in [0, 0.05) is 12.5 Å². The molecule has 0 aliphatic heterocycles. The van der Waals surface area contributed by atoms with Gasteiger partial charge in [-0.1, -0.05) is 76.2 Å². The van der Waals surface area contributed by atoms with Crippen LogP contribution in [-0.2, 0) is 14.3 Å². The summed E-state index contributed by atoms with van der Waals surface area (Å²) in [6.07, 6.45) is -0.261. The van der Waals surface area contributed by atoms with Crippen molar-refractivity contribution in [3.8, 4) is 11.1 Å². The minimum Gasteiger partial charge on any atom is -0.480 e. The number of benzene rings is 2. The molecule has 0 saturated carbocycles. The second-order valence-electron chi connectivity index (χ2n) is 9.59. The first-order valence-corrected chi connectivity index (χ1v) is 11.8. The van der Waals surface area contributed by atoms with Gasteiger partial charge in [0.2, 0.25) is 5.91 Å². The van der Waals surface area contributed by atoms with Crippen molar-refractivity contribution < 1.29 is 24.2 Å². The number of carboxylic acids is 1. The predicted octanol–water partition coefficient (Wildman–Crippen LogP) is 4.41. The monoisotopic (exact) mass is 466 g/mol. The maximum absolute atomic E-state index is 12.8. The number of amides is 2. The molecular weight excluding hydrogens is 432 g/mol. The fourth-order valence-corrected chi connectivity index (χ4v) is 4.45. The summed E-state index contributed by atoms with van der Waals surface area (Å²) in [6, 6.07) is 15.3. The summed E-state index contributed by atoms with van der Waals surface area (Å²) in [7, 11) is 0. The molecule has 2 atom stereocenters. The van der Waals surface area contributed by atoms with Gasteiger partial charge in [-0.3, -0.25) is 4.79 Å². The van der Waals surface area contributed by atoms with Crippen LogP contribution < -0.4 is 10.6 Å². The quantitative estimate of drug-likeness (QED) is 0.481. The number of carboxylic acid groups (broad SMARTS) is 1. The molecule has 1 unspecified atom stereocenters. The minimum atomic E-state index is -1.06. The molecule has 0 spiro atoms. The molecule has 2 aromatic rings. The van der Waals surface area contributed by atoms with Gasteiger partial charge in [0.05, 0.1) is 5.92 Å². The number of rotatable bonds is 10. The first-order chi connectivity index (χ1) is 16.2. The van der Waals surface area contributed by atoms with E-state index in [-0.39, 0.29) is 36.8 Å². The lowest BCUT2D eigenvalue weighted by molar-refractivity contribution is -0.143. The van der Waals surface area contributed by atoms with Crippen LogP contribution in [0.2, 0.25) is 0 Å². The smallest absolute Gasteiger partial charge is 0.407 e. The van der Waals surface area contributed by atoms with E-state index in [1.165, 1.54) is 0 Å². The van der Waals surface area contributed by atoms with Crippen LogP contribution in [0.5, 0.6) is 0 Å². The highest BCUT2D eigenvalue weighted by Crippen LogP contribution is 2.44. The van der Waals surface area contributed by atoms with Crippen LogP contribution in [0, 0.1) is 17.8 Å². The summed E-state index contributed by atoms with van der Waals surface area (Å²) >= 11 is 0. The normalized spacial score (nSPS) is 14.3. The summed E-state index contributed by atoms with van der Waals surface area (Å²) < 4.78 is 5.55. The van der Waals surface area contributed by atoms with E-state index < -0.39 is 24.0 Å². The van der Waals surface area contributed by atoms with Crippen LogP contribution in [0.3, 0.4) is 0 Å². The molecule has 1 aliphatic carbocycles. The van der Waals surface area contributed by atoms with Crippen LogP contribution in [0.4, 0.5) is 4.79 Å². The molecule has 7 nitrogen and oxygen atoms in total. The third-order valence-electron chi connectivity index (χ3n) is 6.27. The SMILES string of the molecule is CC(C)C[C@H](NC(=O)C(CNC(=O)OCC1c2ccccc2-c2ccccc21)C(C)C)C(=O)O. The Kier molecular flexibility index (Phi) is 8.31. The minimum absolute atomic E-state index is 0.0466. The van der Waals surface area contributed by atoms with Crippen molar-refractivity contribution in [2.24, 2.45) is 17.8 Å². The van der Waals surface area contributed by atoms with Crippen molar-refractivity contribution >= 4 is 18.0 Å². The van der Waals surface area contributed by atoms with Crippen molar-refractivity contribution in [2.45, 2.75) is 46.1 Å². The zero-order chi connectivity index (χ0) is 24.8. The Balaban J connectivity index is 1.58. The van der Waals surface area contributed by atoms with Crippen molar-refractivity contribution in [3.63, 3.8) is 0 Å². The Morgan fingerprint density at radius 1 is 0.941 bits per heavy atom. The Labute approximate surface area is 200 Å². The number of fused-ring (bicyclic) bond motifs is 3. The first kappa shape index (κ1) is 25.3. The molecule has 7 heteroatoms. The molecule has 0 aromatic heterocycles. The van der Waals surface area contributed by atoms with E-state index in [9.17, 15) is 19.5 Å². The Morgan fingerprint density at radius 3 is 2.00 bits per heavy atom. The lowest BCUT2D eigenvalue weighted by Gasteiger charge is -2.24. The van der Waals surface area contributed by atoms with Gasteiger partial charge in [0.1, 0.15) is 12.6 Å². The van der Waals surface area contributed by atoms with Crippen molar-refractivity contribution in [1.29, 1.82) is 0 Å². The average molecular weight is 467 g/mol. The van der Waals surface area contributed by atoms with E-state index in [4.69, 9.17) is 4.74 Å². The fraction of sp³-hybridized carbons (Fsp3) is 0.444. The molecule has 1 aliphatic rings. The number of alkyl carbamates (subject to hydrolysis) is 1. The maximum Gasteiger partial charge on any atom is 0.407 e. The summed E-state index contributed by atoms with van der Waals surface area (Å²) in [4.78, 5) is 36.8. The lowest BCUT2D eigenvalue weighted by atomic mass is 9.94. The highest BCUT2D eigenvalue weighted by atomic mass is 16.5. The number of ether oxygens (including phenoxy) is 1. The molecule has 0 saturated heterocycles. The molecule has 0 radical (unpaired) electrons. The number of hydrogen-bond acceptors (Lipinski definition) is 4. The van der Waals surface area contributed by atoms with E-state index in [0.29, 0.717) is 6.42 Å². The van der Waals surface area contributed by atoms with Gasteiger partial charge in [-0.2, -0.15) is 0 Å². The van der Waals surface area contributed by atoms with Crippen LogP contribution in [-0.4, -0.2) is 42.3 Å². The zero-order valence-corrected chi connectivity index (χ0v) is 20.2. The van der Waals surface area contributed by atoms with Crippen LogP contribution in [0.25, 0.3) is 11.1 Å². The van der Waals surface area contributed by atoms with Gasteiger partial charge in [-0.25, -0.2) is 9.59 Å². The maximum atomic E-state index is 12.8. The second-order valence-corrected chi connectivity index (χ2v) is 9.59. The number of nitrogens with one attached hydrogen (secondary N) is 2. The summed E-state index contributed by atoms with van der Waals surface area (Å²) in [5.74, 6) is -2.04. The van der Waals surface area contributed by atoms with Gasteiger partial charge >= 0.3 is 12.1 Å². The van der Waals surface area contributed by atoms with Gasteiger partial charge in [-0.05, 0) is 40.5 Å². The lowest BCUT2D eigenvalue weighted by Crippen LogP contribution is -2.48. The van der Waals surface area contributed by atoms with E-state index >= 15 is 0 Å². The molecule has 182 valence electrons. The molecular formula is C27H34N2O5.